The maximum Gasteiger partial charge on any atom is 0.244 e. The number of anilines is 2. The lowest BCUT2D eigenvalue weighted by Gasteiger charge is -2.29. The van der Waals surface area contributed by atoms with Crippen LogP contribution in [0.1, 0.15) is 19.2 Å². The van der Waals surface area contributed by atoms with Crippen molar-refractivity contribution in [2.24, 2.45) is 0 Å². The van der Waals surface area contributed by atoms with Crippen LogP contribution in [0, 0.1) is 0 Å². The van der Waals surface area contributed by atoms with Crippen molar-refractivity contribution in [3.8, 4) is 0 Å². The summed E-state index contributed by atoms with van der Waals surface area (Å²) in [6, 6.07) is 12.2. The number of morpholine rings is 1. The van der Waals surface area contributed by atoms with Gasteiger partial charge in [0.05, 0.1) is 40.5 Å². The Hall–Kier alpha value is -3.28. The topological polar surface area (TPSA) is 114 Å². The molecule has 1 N–H and O–H groups in total. The number of nitrogens with zero attached hydrogens (tertiary/aromatic N) is 4. The quantitative estimate of drug-likeness (QED) is 0.557. The van der Waals surface area contributed by atoms with Gasteiger partial charge in [-0.15, -0.1) is 0 Å². The second-order valence-electron chi connectivity index (χ2n) is 8.48. The Kier molecular flexibility index (Phi) is 6.30. The van der Waals surface area contributed by atoms with Crippen molar-refractivity contribution in [2.45, 2.75) is 31.2 Å². The van der Waals surface area contributed by atoms with Crippen LogP contribution in [0.25, 0.3) is 11.0 Å². The van der Waals surface area contributed by atoms with Crippen LogP contribution in [0.5, 0.6) is 0 Å². The fraction of sp³-hybridized carbons (Fsp3) is 0.375. The van der Waals surface area contributed by atoms with Crippen molar-refractivity contribution >= 4 is 44.2 Å². The van der Waals surface area contributed by atoms with Crippen molar-refractivity contribution in [3.05, 3.63) is 48.3 Å². The van der Waals surface area contributed by atoms with Crippen LogP contribution in [0.4, 0.5) is 11.4 Å². The summed E-state index contributed by atoms with van der Waals surface area (Å²) in [6.07, 6.45) is 0.539. The monoisotopic (exact) mass is 497 g/mol. The maximum absolute atomic E-state index is 13.1. The van der Waals surface area contributed by atoms with Crippen LogP contribution in [-0.4, -0.2) is 66.9 Å². The molecule has 3 aromatic rings. The number of benzene rings is 2. The Morgan fingerprint density at radius 3 is 2.69 bits per heavy atom. The minimum atomic E-state index is -3.63. The molecule has 2 aromatic carbocycles. The van der Waals surface area contributed by atoms with Gasteiger partial charge in [0.25, 0.3) is 0 Å². The van der Waals surface area contributed by atoms with Crippen LogP contribution in [0.15, 0.2) is 47.4 Å². The molecule has 2 aliphatic rings. The number of ether oxygens (including phenoxy) is 1. The van der Waals surface area contributed by atoms with Crippen LogP contribution in [0.2, 0.25) is 0 Å². The molecule has 184 valence electrons. The molecule has 0 aliphatic carbocycles. The summed E-state index contributed by atoms with van der Waals surface area (Å²) < 4.78 is 34.8. The van der Waals surface area contributed by atoms with Gasteiger partial charge in [-0.3, -0.25) is 9.59 Å². The molecule has 3 heterocycles. The van der Waals surface area contributed by atoms with Gasteiger partial charge in [0.15, 0.2) is 0 Å². The number of sulfonamides is 1. The lowest BCUT2D eigenvalue weighted by molar-refractivity contribution is -0.121. The average Bonchev–Trinajstić information content (AvgIpc) is 3.24. The maximum atomic E-state index is 13.1. The molecule has 0 bridgehead atoms. The van der Waals surface area contributed by atoms with E-state index < -0.39 is 10.0 Å². The summed E-state index contributed by atoms with van der Waals surface area (Å²) in [4.78, 5) is 31.5. The van der Waals surface area contributed by atoms with Crippen molar-refractivity contribution in [1.82, 2.24) is 13.9 Å². The number of rotatable bonds is 6. The van der Waals surface area contributed by atoms with Gasteiger partial charge in [-0.1, -0.05) is 12.1 Å². The van der Waals surface area contributed by atoms with E-state index in [1.165, 1.54) is 9.21 Å². The highest BCUT2D eigenvalue weighted by molar-refractivity contribution is 7.89. The van der Waals surface area contributed by atoms with Crippen LogP contribution in [-0.2, 0) is 37.3 Å². The van der Waals surface area contributed by atoms with Crippen molar-refractivity contribution in [1.29, 1.82) is 0 Å². The SMILES string of the molecule is CCn1c(CCC(=O)N2CC(=O)Nc3ccccc32)nc2cc(S(=O)(=O)N3CCOCC3)ccc21. The molecule has 1 saturated heterocycles. The normalized spacial score (nSPS) is 16.8. The fourth-order valence-corrected chi connectivity index (χ4v) is 6.04. The van der Waals surface area contributed by atoms with Gasteiger partial charge in [-0.2, -0.15) is 4.31 Å². The Balaban J connectivity index is 1.38. The highest BCUT2D eigenvalue weighted by Crippen LogP contribution is 2.30. The largest absolute Gasteiger partial charge is 0.379 e. The van der Waals surface area contributed by atoms with Gasteiger partial charge >= 0.3 is 0 Å². The molecule has 1 fully saturated rings. The Bertz CT molecular complexity index is 1390. The van der Waals surface area contributed by atoms with Crippen molar-refractivity contribution < 1.29 is 22.7 Å². The summed E-state index contributed by atoms with van der Waals surface area (Å²) in [5.74, 6) is 0.302. The van der Waals surface area contributed by atoms with Gasteiger partial charge in [-0.25, -0.2) is 13.4 Å². The van der Waals surface area contributed by atoms with E-state index in [0.717, 1.165) is 5.52 Å². The highest BCUT2D eigenvalue weighted by Gasteiger charge is 2.28. The molecule has 35 heavy (non-hydrogen) atoms. The molecule has 10 nitrogen and oxygen atoms in total. The first-order valence-corrected chi connectivity index (χ1v) is 13.1. The van der Waals surface area contributed by atoms with Gasteiger partial charge in [-0.05, 0) is 37.3 Å². The second kappa shape index (κ2) is 9.40. The number of aryl methyl sites for hydroxylation is 2. The number of imidazole rings is 1. The zero-order chi connectivity index (χ0) is 24.6. The lowest BCUT2D eigenvalue weighted by Crippen LogP contribution is -2.42. The summed E-state index contributed by atoms with van der Waals surface area (Å²) in [5.41, 5.74) is 2.69. The van der Waals surface area contributed by atoms with Crippen molar-refractivity contribution in [3.63, 3.8) is 0 Å². The number of para-hydroxylation sites is 2. The zero-order valence-electron chi connectivity index (χ0n) is 19.4. The summed E-state index contributed by atoms with van der Waals surface area (Å²) in [7, 11) is -3.63. The number of aromatic nitrogens is 2. The predicted octanol–water partition coefficient (Wildman–Crippen LogP) is 1.99. The minimum Gasteiger partial charge on any atom is -0.379 e. The smallest absolute Gasteiger partial charge is 0.244 e. The lowest BCUT2D eigenvalue weighted by atomic mass is 10.1. The first kappa shape index (κ1) is 23.5. The number of carbonyl (C=O) groups excluding carboxylic acids is 2. The summed E-state index contributed by atoms with van der Waals surface area (Å²) in [6.45, 7) is 4.01. The Morgan fingerprint density at radius 1 is 1.14 bits per heavy atom. The van der Waals surface area contributed by atoms with E-state index in [1.54, 1.807) is 24.3 Å². The molecule has 1 aromatic heterocycles. The minimum absolute atomic E-state index is 0.0250. The number of amides is 2. The molecule has 0 radical (unpaired) electrons. The van der Waals surface area contributed by atoms with Gasteiger partial charge in [0.2, 0.25) is 21.8 Å². The third-order valence-corrected chi connectivity index (χ3v) is 8.25. The van der Waals surface area contributed by atoms with Gasteiger partial charge < -0.3 is 19.5 Å². The number of hydrogen-bond acceptors (Lipinski definition) is 6. The molecule has 0 saturated carbocycles. The van der Waals surface area contributed by atoms with Crippen molar-refractivity contribution in [2.75, 3.05) is 43.1 Å². The van der Waals surface area contributed by atoms with E-state index in [4.69, 9.17) is 4.74 Å². The molecular weight excluding hydrogens is 470 g/mol. The van der Waals surface area contributed by atoms with E-state index in [-0.39, 0.29) is 29.7 Å². The molecule has 2 aliphatic heterocycles. The Labute approximate surface area is 203 Å². The van der Waals surface area contributed by atoms with Gasteiger partial charge in [0.1, 0.15) is 12.4 Å². The number of hydrogen-bond donors (Lipinski definition) is 1. The standard InChI is InChI=1S/C24H27N5O5S/c1-2-28-21-8-7-17(35(32,33)27-11-13-34-14-12-27)15-19(21)25-22(28)9-10-24(31)29-16-23(30)26-18-5-3-4-6-20(18)29/h3-8,15H,2,9-14,16H2,1H3,(H,26,30). The van der Waals surface area contributed by atoms with E-state index in [0.29, 0.717) is 62.0 Å². The Morgan fingerprint density at radius 2 is 1.91 bits per heavy atom. The van der Waals surface area contributed by atoms with E-state index in [9.17, 15) is 18.0 Å². The number of fused-ring (bicyclic) bond motifs is 2. The number of nitrogens with one attached hydrogen (secondary N) is 1. The molecule has 0 atom stereocenters. The van der Waals surface area contributed by atoms with Gasteiger partial charge in [0, 0.05) is 32.5 Å². The fourth-order valence-electron chi connectivity index (χ4n) is 4.61. The van der Waals surface area contributed by atoms with E-state index >= 15 is 0 Å². The zero-order valence-corrected chi connectivity index (χ0v) is 20.3. The molecule has 5 rings (SSSR count). The predicted molar refractivity (Wildman–Crippen MR) is 131 cm³/mol. The first-order chi connectivity index (χ1) is 16.9. The number of carbonyl (C=O) groups is 2. The van der Waals surface area contributed by atoms with Crippen LogP contribution >= 0.6 is 0 Å². The molecule has 11 heteroatoms. The van der Waals surface area contributed by atoms with E-state index in [1.807, 2.05) is 29.7 Å². The van der Waals surface area contributed by atoms with E-state index in [2.05, 4.69) is 10.3 Å². The third-order valence-electron chi connectivity index (χ3n) is 6.36. The van der Waals surface area contributed by atoms with Crippen LogP contribution in [0.3, 0.4) is 0 Å². The third kappa shape index (κ3) is 4.42. The average molecular weight is 498 g/mol. The molecule has 0 spiro atoms. The summed E-state index contributed by atoms with van der Waals surface area (Å²) in [5, 5.41) is 2.79. The second-order valence-corrected chi connectivity index (χ2v) is 10.4. The summed E-state index contributed by atoms with van der Waals surface area (Å²) >= 11 is 0. The first-order valence-electron chi connectivity index (χ1n) is 11.6. The highest BCUT2D eigenvalue weighted by atomic mass is 32.2. The molecule has 0 unspecified atom stereocenters. The van der Waals surface area contributed by atoms with Crippen LogP contribution < -0.4 is 10.2 Å². The molecular formula is C24H27N5O5S. The molecule has 2 amide bonds.